The van der Waals surface area contributed by atoms with Gasteiger partial charge in [-0.2, -0.15) is 5.10 Å². The number of benzene rings is 2. The summed E-state index contributed by atoms with van der Waals surface area (Å²) in [5.41, 5.74) is 13.7. The molecule has 0 unspecified atom stereocenters. The van der Waals surface area contributed by atoms with Crippen LogP contribution in [0.2, 0.25) is 0 Å². The Balaban J connectivity index is 1.93. The molecule has 0 saturated heterocycles. The van der Waals surface area contributed by atoms with Gasteiger partial charge in [0, 0.05) is 35.0 Å². The number of carbonyl (C=O) groups excluding carboxylic acids is 2. The number of nitrogens with one attached hydrogen (secondary N) is 4. The number of aromatic nitrogens is 2. The van der Waals surface area contributed by atoms with Gasteiger partial charge >= 0.3 is 5.97 Å². The number of ether oxygens (including phenoxy) is 1. The van der Waals surface area contributed by atoms with E-state index in [9.17, 15) is 14.4 Å². The molecular formula is C25H29N7O4. The van der Waals surface area contributed by atoms with Crippen molar-refractivity contribution in [2.45, 2.75) is 32.9 Å². The van der Waals surface area contributed by atoms with E-state index in [1.807, 2.05) is 13.8 Å². The zero-order chi connectivity index (χ0) is 26.4. The average molecular weight is 492 g/mol. The highest BCUT2D eigenvalue weighted by Gasteiger charge is 2.20. The number of carbonyl (C=O) groups is 2. The van der Waals surface area contributed by atoms with E-state index in [0.717, 1.165) is 5.56 Å². The number of aromatic amines is 1. The standard InChI is InChI=1S/C25H29N7O4/c1-13(2)30-24-22(34)19(11-20(33)29-12-14-4-6-15(7-5-14)23(27)28)21(31-32-24)16-8-17(25(35)36-3)10-18(26)9-16/h4-10,13H,11-12,26H2,1-3H3,(H3,27,28)(H,29,33)(H,30,32)(H,31,34). The summed E-state index contributed by atoms with van der Waals surface area (Å²) in [5.74, 6) is -0.950. The SMILES string of the molecule is COC(=O)c1cc(N)cc(-c2[nH]nc(NC(C)C)c(=O)c2CC(=O)NCc2ccc(C(=N)N)cc2)c1. The van der Waals surface area contributed by atoms with Crippen molar-refractivity contribution in [2.24, 2.45) is 5.73 Å². The van der Waals surface area contributed by atoms with E-state index in [1.165, 1.54) is 19.2 Å². The van der Waals surface area contributed by atoms with Crippen LogP contribution in [-0.2, 0) is 22.5 Å². The van der Waals surface area contributed by atoms with Crippen molar-refractivity contribution in [1.29, 1.82) is 5.41 Å². The molecule has 0 saturated carbocycles. The first-order valence-corrected chi connectivity index (χ1v) is 11.2. The summed E-state index contributed by atoms with van der Waals surface area (Å²) in [6, 6.07) is 11.4. The zero-order valence-corrected chi connectivity index (χ0v) is 20.3. The number of hydrogen-bond acceptors (Lipinski definition) is 8. The van der Waals surface area contributed by atoms with E-state index < -0.39 is 17.3 Å². The highest BCUT2D eigenvalue weighted by atomic mass is 16.5. The van der Waals surface area contributed by atoms with Crippen molar-refractivity contribution in [3.05, 3.63) is 74.9 Å². The summed E-state index contributed by atoms with van der Waals surface area (Å²) in [6.45, 7) is 3.94. The first kappa shape index (κ1) is 25.9. The normalized spacial score (nSPS) is 10.7. The number of nitrogen functional groups attached to an aromatic ring is 2. The van der Waals surface area contributed by atoms with E-state index >= 15 is 0 Å². The molecule has 0 atom stereocenters. The monoisotopic (exact) mass is 491 g/mol. The molecule has 0 fully saturated rings. The van der Waals surface area contributed by atoms with Crippen LogP contribution in [0.5, 0.6) is 0 Å². The van der Waals surface area contributed by atoms with Crippen LogP contribution in [0.4, 0.5) is 11.5 Å². The lowest BCUT2D eigenvalue weighted by atomic mass is 10.0. The number of nitrogens with zero attached hydrogens (tertiary/aromatic N) is 1. The van der Waals surface area contributed by atoms with Gasteiger partial charge in [-0.25, -0.2) is 4.79 Å². The van der Waals surface area contributed by atoms with Crippen molar-refractivity contribution in [3.8, 4) is 11.3 Å². The first-order chi connectivity index (χ1) is 17.1. The van der Waals surface area contributed by atoms with Crippen molar-refractivity contribution in [1.82, 2.24) is 15.5 Å². The van der Waals surface area contributed by atoms with Crippen LogP contribution in [0.25, 0.3) is 11.3 Å². The summed E-state index contributed by atoms with van der Waals surface area (Å²) in [4.78, 5) is 38.2. The Bertz CT molecular complexity index is 1350. The van der Waals surface area contributed by atoms with Crippen molar-refractivity contribution < 1.29 is 14.3 Å². The number of amidine groups is 1. The van der Waals surface area contributed by atoms with Crippen LogP contribution in [0, 0.1) is 5.41 Å². The molecule has 0 aliphatic heterocycles. The fourth-order valence-electron chi connectivity index (χ4n) is 3.52. The Hall–Kier alpha value is -4.67. The van der Waals surface area contributed by atoms with E-state index in [4.69, 9.17) is 21.6 Å². The van der Waals surface area contributed by atoms with Gasteiger partial charge in [0.15, 0.2) is 5.82 Å². The Kier molecular flexibility index (Phi) is 8.05. The largest absolute Gasteiger partial charge is 0.465 e. The molecule has 0 bridgehead atoms. The van der Waals surface area contributed by atoms with Crippen molar-refractivity contribution >= 4 is 29.2 Å². The van der Waals surface area contributed by atoms with Crippen LogP contribution < -0.4 is 27.5 Å². The lowest BCUT2D eigenvalue weighted by Crippen LogP contribution is -2.30. The minimum Gasteiger partial charge on any atom is -0.465 e. The summed E-state index contributed by atoms with van der Waals surface area (Å²) >= 11 is 0. The van der Waals surface area contributed by atoms with Crippen LogP contribution in [-0.4, -0.2) is 41.1 Å². The van der Waals surface area contributed by atoms with Crippen molar-refractivity contribution in [2.75, 3.05) is 18.2 Å². The predicted octanol–water partition coefficient (Wildman–Crippen LogP) is 1.77. The number of esters is 1. The summed E-state index contributed by atoms with van der Waals surface area (Å²) in [7, 11) is 1.25. The quantitative estimate of drug-likeness (QED) is 0.113. The second kappa shape index (κ2) is 11.2. The van der Waals surface area contributed by atoms with E-state index in [-0.39, 0.29) is 53.2 Å². The van der Waals surface area contributed by atoms with Crippen LogP contribution in [0.15, 0.2) is 47.3 Å². The summed E-state index contributed by atoms with van der Waals surface area (Å²) < 4.78 is 4.78. The molecule has 3 rings (SSSR count). The Morgan fingerprint density at radius 2 is 1.83 bits per heavy atom. The van der Waals surface area contributed by atoms with Crippen LogP contribution in [0.3, 0.4) is 0 Å². The lowest BCUT2D eigenvalue weighted by Gasteiger charge is -2.14. The molecule has 0 spiro atoms. The van der Waals surface area contributed by atoms with Gasteiger partial charge in [-0.3, -0.25) is 20.1 Å². The third-order valence-corrected chi connectivity index (χ3v) is 5.25. The van der Waals surface area contributed by atoms with Gasteiger partial charge in [-0.15, -0.1) is 0 Å². The highest BCUT2D eigenvalue weighted by molar-refractivity contribution is 5.95. The van der Waals surface area contributed by atoms with Crippen LogP contribution >= 0.6 is 0 Å². The highest BCUT2D eigenvalue weighted by Crippen LogP contribution is 2.25. The maximum Gasteiger partial charge on any atom is 0.337 e. The molecule has 1 aromatic heterocycles. The maximum absolute atomic E-state index is 13.3. The number of nitrogens with two attached hydrogens (primary N) is 2. The van der Waals surface area contributed by atoms with E-state index in [1.54, 1.807) is 30.3 Å². The molecule has 1 heterocycles. The molecule has 1 amide bonds. The molecule has 36 heavy (non-hydrogen) atoms. The third-order valence-electron chi connectivity index (χ3n) is 5.25. The molecule has 0 aliphatic carbocycles. The van der Waals surface area contributed by atoms with Crippen LogP contribution in [0.1, 0.15) is 40.9 Å². The Morgan fingerprint density at radius 1 is 1.14 bits per heavy atom. The lowest BCUT2D eigenvalue weighted by molar-refractivity contribution is -0.120. The number of rotatable bonds is 9. The summed E-state index contributed by atoms with van der Waals surface area (Å²) in [5, 5.41) is 20.2. The maximum atomic E-state index is 13.3. The van der Waals surface area contributed by atoms with E-state index in [0.29, 0.717) is 11.1 Å². The first-order valence-electron chi connectivity index (χ1n) is 11.2. The van der Waals surface area contributed by atoms with Gasteiger partial charge in [0.05, 0.1) is 24.8 Å². The zero-order valence-electron chi connectivity index (χ0n) is 20.3. The second-order valence-corrected chi connectivity index (χ2v) is 8.45. The molecule has 188 valence electrons. The van der Waals surface area contributed by atoms with E-state index in [2.05, 4.69) is 20.8 Å². The average Bonchev–Trinajstić information content (AvgIpc) is 2.84. The molecule has 0 aliphatic rings. The number of hydrogen-bond donors (Lipinski definition) is 6. The second-order valence-electron chi connectivity index (χ2n) is 8.45. The topological polar surface area (TPSA) is 189 Å². The number of H-pyrrole nitrogens is 1. The third kappa shape index (κ3) is 6.26. The Labute approximate surface area is 207 Å². The fourth-order valence-corrected chi connectivity index (χ4v) is 3.52. The number of methoxy groups -OCH3 is 1. The van der Waals surface area contributed by atoms with Gasteiger partial charge in [-0.05, 0) is 37.6 Å². The minimum atomic E-state index is -0.591. The van der Waals surface area contributed by atoms with Gasteiger partial charge < -0.3 is 26.8 Å². The molecule has 11 heteroatoms. The molecular weight excluding hydrogens is 462 g/mol. The van der Waals surface area contributed by atoms with Crippen molar-refractivity contribution in [3.63, 3.8) is 0 Å². The molecule has 11 nitrogen and oxygen atoms in total. The predicted molar refractivity (Wildman–Crippen MR) is 138 cm³/mol. The van der Waals surface area contributed by atoms with Gasteiger partial charge in [0.2, 0.25) is 11.3 Å². The van der Waals surface area contributed by atoms with Gasteiger partial charge in [0.1, 0.15) is 5.84 Å². The molecule has 3 aromatic rings. The number of amides is 1. The smallest absolute Gasteiger partial charge is 0.337 e. The molecule has 2 aromatic carbocycles. The minimum absolute atomic E-state index is 0.0438. The molecule has 0 radical (unpaired) electrons. The fraction of sp³-hybridized carbons (Fsp3) is 0.240. The van der Waals surface area contributed by atoms with Gasteiger partial charge in [-0.1, -0.05) is 24.3 Å². The molecule has 8 N–H and O–H groups in total. The summed E-state index contributed by atoms with van der Waals surface area (Å²) in [6.07, 6.45) is -0.242. The Morgan fingerprint density at radius 3 is 2.44 bits per heavy atom. The number of anilines is 2. The van der Waals surface area contributed by atoms with Gasteiger partial charge in [0.25, 0.3) is 0 Å².